The van der Waals surface area contributed by atoms with Gasteiger partial charge in [0.2, 0.25) is 0 Å². The Bertz CT molecular complexity index is 105. The van der Waals surface area contributed by atoms with Crippen LogP contribution in [0.5, 0.6) is 0 Å². The Morgan fingerprint density at radius 3 is 2.70 bits per heavy atom. The maximum Gasteiger partial charge on any atom is 0.0921 e. The van der Waals surface area contributed by atoms with Crippen molar-refractivity contribution in [1.82, 2.24) is 5.32 Å². The summed E-state index contributed by atoms with van der Waals surface area (Å²) in [6.45, 7) is 6.69. The third kappa shape index (κ3) is 5.56. The summed E-state index contributed by atoms with van der Waals surface area (Å²) in [4.78, 5) is 4.00. The van der Waals surface area contributed by atoms with Gasteiger partial charge in [-0.1, -0.05) is 6.92 Å². The van der Waals surface area contributed by atoms with Crippen LogP contribution in [0.15, 0.2) is 4.99 Å². The summed E-state index contributed by atoms with van der Waals surface area (Å²) in [6.07, 6.45) is 1.12. The minimum atomic E-state index is 0.531. The molecule has 60 valence electrons. The van der Waals surface area contributed by atoms with Gasteiger partial charge >= 0.3 is 0 Å². The first-order valence-electron chi connectivity index (χ1n) is 3.66. The molecule has 1 unspecified atom stereocenters. The number of amidine groups is 1. The number of rotatable bonds is 4. The number of nitrogens with one attached hydrogen (secondary N) is 1. The van der Waals surface area contributed by atoms with Gasteiger partial charge in [0.05, 0.1) is 12.5 Å². The van der Waals surface area contributed by atoms with Crippen molar-refractivity contribution in [3.8, 4) is 0 Å². The number of aliphatic imine (C=N–C) groups is 1. The number of nitrogens with zero attached hydrogens (tertiary/aromatic N) is 1. The molecule has 0 saturated heterocycles. The molecule has 10 heavy (non-hydrogen) atoms. The summed E-state index contributed by atoms with van der Waals surface area (Å²) < 4.78 is 0. The molecule has 0 amide bonds. The van der Waals surface area contributed by atoms with Crippen LogP contribution in [0.3, 0.4) is 0 Å². The highest BCUT2D eigenvalue weighted by molar-refractivity contribution is 5.77. The zero-order valence-corrected chi connectivity index (χ0v) is 7.02. The zero-order valence-electron chi connectivity index (χ0n) is 7.02. The van der Waals surface area contributed by atoms with Crippen LogP contribution in [0.1, 0.15) is 27.2 Å². The zero-order chi connectivity index (χ0) is 7.98. The first-order valence-corrected chi connectivity index (χ1v) is 3.66. The predicted molar refractivity (Wildman–Crippen MR) is 45.1 cm³/mol. The molecule has 0 heterocycles. The normalized spacial score (nSPS) is 15.3. The maximum atomic E-state index is 5.33. The molecule has 0 spiro atoms. The standard InChI is InChI=1S/C7H17N3/c1-4-6(2)9-5-10-7(3)8/h6,9H,4-5H2,1-3H3,(H2,8,10). The van der Waals surface area contributed by atoms with Gasteiger partial charge in [-0.05, 0) is 20.3 Å². The minimum Gasteiger partial charge on any atom is -0.388 e. The van der Waals surface area contributed by atoms with Crippen LogP contribution in [-0.4, -0.2) is 18.5 Å². The Balaban J connectivity index is 3.28. The van der Waals surface area contributed by atoms with E-state index < -0.39 is 0 Å². The van der Waals surface area contributed by atoms with Gasteiger partial charge in [0.1, 0.15) is 0 Å². The highest BCUT2D eigenvalue weighted by Crippen LogP contribution is 1.85. The molecule has 0 fully saturated rings. The van der Waals surface area contributed by atoms with E-state index in [1.165, 1.54) is 0 Å². The molecule has 1 atom stereocenters. The second-order valence-corrected chi connectivity index (χ2v) is 2.47. The first kappa shape index (κ1) is 9.43. The van der Waals surface area contributed by atoms with E-state index in [2.05, 4.69) is 24.2 Å². The predicted octanol–water partition coefficient (Wildman–Crippen LogP) is 0.709. The summed E-state index contributed by atoms with van der Waals surface area (Å²) in [6, 6.07) is 0.531. The van der Waals surface area contributed by atoms with Gasteiger partial charge in [-0.15, -0.1) is 0 Å². The van der Waals surface area contributed by atoms with E-state index in [1.807, 2.05) is 0 Å². The molecule has 3 N–H and O–H groups in total. The number of hydrogen-bond donors (Lipinski definition) is 2. The molecule has 0 saturated carbocycles. The van der Waals surface area contributed by atoms with Crippen molar-refractivity contribution < 1.29 is 0 Å². The smallest absolute Gasteiger partial charge is 0.0921 e. The molecule has 0 aromatic heterocycles. The van der Waals surface area contributed by atoms with Crippen LogP contribution in [0.25, 0.3) is 0 Å². The molecule has 0 aliphatic rings. The largest absolute Gasteiger partial charge is 0.388 e. The molecule has 0 aliphatic carbocycles. The molecule has 0 aliphatic heterocycles. The lowest BCUT2D eigenvalue weighted by atomic mass is 10.3. The van der Waals surface area contributed by atoms with Gasteiger partial charge in [0.25, 0.3) is 0 Å². The molecular weight excluding hydrogens is 126 g/mol. The third-order valence-corrected chi connectivity index (χ3v) is 1.38. The topological polar surface area (TPSA) is 50.4 Å². The Hall–Kier alpha value is -0.570. The fraction of sp³-hybridized carbons (Fsp3) is 0.857. The van der Waals surface area contributed by atoms with Crippen molar-refractivity contribution in [2.24, 2.45) is 10.7 Å². The van der Waals surface area contributed by atoms with E-state index in [9.17, 15) is 0 Å². The fourth-order valence-corrected chi connectivity index (χ4v) is 0.471. The van der Waals surface area contributed by atoms with Crippen molar-refractivity contribution in [3.05, 3.63) is 0 Å². The number of hydrogen-bond acceptors (Lipinski definition) is 2. The minimum absolute atomic E-state index is 0.531. The average Bonchev–Trinajstić information content (AvgIpc) is 1.87. The summed E-state index contributed by atoms with van der Waals surface area (Å²) in [7, 11) is 0. The molecule has 0 bridgehead atoms. The van der Waals surface area contributed by atoms with Gasteiger partial charge in [0, 0.05) is 6.04 Å². The van der Waals surface area contributed by atoms with Gasteiger partial charge in [0.15, 0.2) is 0 Å². The van der Waals surface area contributed by atoms with E-state index >= 15 is 0 Å². The Kier molecular flexibility index (Phi) is 4.94. The average molecular weight is 143 g/mol. The maximum absolute atomic E-state index is 5.33. The molecule has 3 nitrogen and oxygen atoms in total. The summed E-state index contributed by atoms with van der Waals surface area (Å²) in [5.74, 6) is 0.635. The second-order valence-electron chi connectivity index (χ2n) is 2.47. The lowest BCUT2D eigenvalue weighted by Crippen LogP contribution is -2.26. The molecule has 0 radical (unpaired) electrons. The highest BCUT2D eigenvalue weighted by Gasteiger charge is 1.92. The molecule has 0 rings (SSSR count). The quantitative estimate of drug-likeness (QED) is 0.450. The Morgan fingerprint density at radius 2 is 2.30 bits per heavy atom. The van der Waals surface area contributed by atoms with E-state index in [4.69, 9.17) is 5.73 Å². The van der Waals surface area contributed by atoms with Crippen molar-refractivity contribution in [3.63, 3.8) is 0 Å². The van der Waals surface area contributed by atoms with E-state index in [1.54, 1.807) is 6.92 Å². The number of nitrogens with two attached hydrogens (primary N) is 1. The van der Waals surface area contributed by atoms with E-state index in [-0.39, 0.29) is 0 Å². The molecule has 3 heteroatoms. The van der Waals surface area contributed by atoms with E-state index in [0.29, 0.717) is 18.5 Å². The lowest BCUT2D eigenvalue weighted by Gasteiger charge is -2.07. The molecule has 0 aromatic rings. The monoisotopic (exact) mass is 143 g/mol. The van der Waals surface area contributed by atoms with Gasteiger partial charge in [-0.2, -0.15) is 0 Å². The van der Waals surface area contributed by atoms with Crippen molar-refractivity contribution in [1.29, 1.82) is 0 Å². The van der Waals surface area contributed by atoms with Gasteiger partial charge in [-0.3, -0.25) is 10.3 Å². The van der Waals surface area contributed by atoms with Gasteiger partial charge < -0.3 is 5.73 Å². The summed E-state index contributed by atoms with van der Waals surface area (Å²) in [5.41, 5.74) is 5.33. The summed E-state index contributed by atoms with van der Waals surface area (Å²) in [5, 5.41) is 3.20. The lowest BCUT2D eigenvalue weighted by molar-refractivity contribution is 0.546. The fourth-order valence-electron chi connectivity index (χ4n) is 0.471. The van der Waals surface area contributed by atoms with Crippen LogP contribution in [0.2, 0.25) is 0 Å². The third-order valence-electron chi connectivity index (χ3n) is 1.38. The Labute approximate surface area is 62.7 Å². The van der Waals surface area contributed by atoms with Crippen LogP contribution >= 0.6 is 0 Å². The van der Waals surface area contributed by atoms with E-state index in [0.717, 1.165) is 6.42 Å². The first-order chi connectivity index (χ1) is 4.66. The highest BCUT2D eigenvalue weighted by atomic mass is 15.0. The van der Waals surface area contributed by atoms with Crippen LogP contribution < -0.4 is 11.1 Å². The van der Waals surface area contributed by atoms with Crippen molar-refractivity contribution >= 4 is 5.84 Å². The summed E-state index contributed by atoms with van der Waals surface area (Å²) >= 11 is 0. The van der Waals surface area contributed by atoms with Gasteiger partial charge in [-0.25, -0.2) is 0 Å². The van der Waals surface area contributed by atoms with Crippen LogP contribution in [-0.2, 0) is 0 Å². The van der Waals surface area contributed by atoms with Crippen LogP contribution in [0.4, 0.5) is 0 Å². The van der Waals surface area contributed by atoms with Crippen molar-refractivity contribution in [2.75, 3.05) is 6.67 Å². The molecular formula is C7H17N3. The second kappa shape index (κ2) is 5.23. The van der Waals surface area contributed by atoms with Crippen LogP contribution in [0, 0.1) is 0 Å². The Morgan fingerprint density at radius 1 is 1.70 bits per heavy atom. The SMILES string of the molecule is CCC(C)NC/N=C(/C)N. The molecule has 0 aromatic carbocycles. The van der Waals surface area contributed by atoms with Crippen molar-refractivity contribution in [2.45, 2.75) is 33.2 Å².